The second-order valence-corrected chi connectivity index (χ2v) is 5.65. The van der Waals surface area contributed by atoms with Crippen LogP contribution in [0.2, 0.25) is 0 Å². The monoisotopic (exact) mass is 224 g/mol. The standard InChI is InChI=1S/C13H24N2O/c1-13(7-3-2-4-8-13)15-12(16)11-6-5-9-14-10-11/h11,14H,2-10H2,1H3,(H,15,16). The molecule has 1 amide bonds. The summed E-state index contributed by atoms with van der Waals surface area (Å²) in [4.78, 5) is 12.1. The third kappa shape index (κ3) is 2.97. The Hall–Kier alpha value is -0.570. The molecule has 2 fully saturated rings. The minimum Gasteiger partial charge on any atom is -0.351 e. The Balaban J connectivity index is 1.85. The largest absolute Gasteiger partial charge is 0.351 e. The molecule has 0 bridgehead atoms. The van der Waals surface area contributed by atoms with Gasteiger partial charge in [-0.05, 0) is 39.2 Å². The molecule has 2 aliphatic rings. The maximum absolute atomic E-state index is 12.1. The Kier molecular flexibility index (Phi) is 3.85. The third-order valence-corrected chi connectivity index (χ3v) is 4.05. The Bertz CT molecular complexity index is 240. The smallest absolute Gasteiger partial charge is 0.224 e. The summed E-state index contributed by atoms with van der Waals surface area (Å²) < 4.78 is 0. The van der Waals surface area contributed by atoms with Gasteiger partial charge < -0.3 is 10.6 Å². The number of nitrogens with one attached hydrogen (secondary N) is 2. The second-order valence-electron chi connectivity index (χ2n) is 5.65. The van der Waals surface area contributed by atoms with Crippen molar-refractivity contribution in [3.8, 4) is 0 Å². The highest BCUT2D eigenvalue weighted by atomic mass is 16.2. The van der Waals surface area contributed by atoms with Gasteiger partial charge in [-0.25, -0.2) is 0 Å². The molecule has 1 aliphatic heterocycles. The van der Waals surface area contributed by atoms with Crippen LogP contribution in [-0.2, 0) is 4.79 Å². The predicted octanol–water partition coefficient (Wildman–Crippen LogP) is 1.82. The van der Waals surface area contributed by atoms with Crippen LogP contribution in [-0.4, -0.2) is 24.5 Å². The zero-order chi connectivity index (χ0) is 11.4. The SMILES string of the molecule is CC1(NC(=O)C2CCCNC2)CCCCC1. The van der Waals surface area contributed by atoms with Crippen molar-refractivity contribution in [3.05, 3.63) is 0 Å². The molecule has 2 N–H and O–H groups in total. The third-order valence-electron chi connectivity index (χ3n) is 4.05. The molecule has 0 aromatic heterocycles. The average molecular weight is 224 g/mol. The molecule has 1 unspecified atom stereocenters. The molecule has 92 valence electrons. The molecule has 3 heteroatoms. The van der Waals surface area contributed by atoms with Crippen LogP contribution < -0.4 is 10.6 Å². The van der Waals surface area contributed by atoms with Gasteiger partial charge in [0.15, 0.2) is 0 Å². The van der Waals surface area contributed by atoms with Crippen molar-refractivity contribution in [1.29, 1.82) is 0 Å². The van der Waals surface area contributed by atoms with Crippen molar-refractivity contribution in [2.24, 2.45) is 5.92 Å². The van der Waals surface area contributed by atoms with E-state index in [9.17, 15) is 4.79 Å². The quantitative estimate of drug-likeness (QED) is 0.751. The lowest BCUT2D eigenvalue weighted by Crippen LogP contribution is -2.51. The molecular formula is C13H24N2O. The molecule has 1 atom stereocenters. The summed E-state index contributed by atoms with van der Waals surface area (Å²) in [6.45, 7) is 4.14. The van der Waals surface area contributed by atoms with Gasteiger partial charge in [0.1, 0.15) is 0 Å². The van der Waals surface area contributed by atoms with Gasteiger partial charge in [0.25, 0.3) is 0 Å². The Morgan fingerprint density at radius 3 is 2.62 bits per heavy atom. The van der Waals surface area contributed by atoms with E-state index in [4.69, 9.17) is 0 Å². The fourth-order valence-corrected chi connectivity index (χ4v) is 2.93. The van der Waals surface area contributed by atoms with E-state index < -0.39 is 0 Å². The van der Waals surface area contributed by atoms with Crippen LogP contribution in [0, 0.1) is 5.92 Å². The zero-order valence-electron chi connectivity index (χ0n) is 10.3. The molecular weight excluding hydrogens is 200 g/mol. The first kappa shape index (κ1) is 11.9. The van der Waals surface area contributed by atoms with E-state index in [0.29, 0.717) is 0 Å². The van der Waals surface area contributed by atoms with E-state index in [1.165, 1.54) is 19.3 Å². The van der Waals surface area contributed by atoms with E-state index in [1.54, 1.807) is 0 Å². The summed E-state index contributed by atoms with van der Waals surface area (Å²) >= 11 is 0. The normalized spacial score (nSPS) is 29.7. The average Bonchev–Trinajstić information content (AvgIpc) is 2.30. The van der Waals surface area contributed by atoms with Gasteiger partial charge >= 0.3 is 0 Å². The van der Waals surface area contributed by atoms with E-state index in [-0.39, 0.29) is 17.4 Å². The fourth-order valence-electron chi connectivity index (χ4n) is 2.93. The van der Waals surface area contributed by atoms with E-state index in [1.807, 2.05) is 0 Å². The minimum atomic E-state index is 0.0762. The van der Waals surface area contributed by atoms with Crippen LogP contribution in [0.25, 0.3) is 0 Å². The zero-order valence-corrected chi connectivity index (χ0v) is 10.3. The summed E-state index contributed by atoms with van der Waals surface area (Å²) in [7, 11) is 0. The van der Waals surface area contributed by atoms with Gasteiger partial charge in [-0.2, -0.15) is 0 Å². The van der Waals surface area contributed by atoms with Crippen LogP contribution in [0.3, 0.4) is 0 Å². The topological polar surface area (TPSA) is 41.1 Å². The minimum absolute atomic E-state index is 0.0762. The summed E-state index contributed by atoms with van der Waals surface area (Å²) in [6.07, 6.45) is 8.34. The van der Waals surface area contributed by atoms with E-state index in [0.717, 1.165) is 38.8 Å². The number of amides is 1. The maximum atomic E-state index is 12.1. The molecule has 0 aromatic rings. The first-order chi connectivity index (χ1) is 7.70. The number of carbonyl (C=O) groups excluding carboxylic acids is 1. The van der Waals surface area contributed by atoms with Gasteiger partial charge in [-0.3, -0.25) is 4.79 Å². The molecule has 0 aromatic carbocycles. The molecule has 0 radical (unpaired) electrons. The van der Waals surface area contributed by atoms with Gasteiger partial charge in [-0.15, -0.1) is 0 Å². The number of hydrogen-bond acceptors (Lipinski definition) is 2. The second kappa shape index (κ2) is 5.17. The fraction of sp³-hybridized carbons (Fsp3) is 0.923. The Morgan fingerprint density at radius 2 is 2.00 bits per heavy atom. The van der Waals surface area contributed by atoms with Crippen LogP contribution in [0.15, 0.2) is 0 Å². The highest BCUT2D eigenvalue weighted by Gasteiger charge is 2.31. The molecule has 1 saturated heterocycles. The molecule has 16 heavy (non-hydrogen) atoms. The summed E-state index contributed by atoms with van der Waals surface area (Å²) in [5.74, 6) is 0.476. The number of carbonyl (C=O) groups is 1. The van der Waals surface area contributed by atoms with E-state index in [2.05, 4.69) is 17.6 Å². The number of hydrogen-bond donors (Lipinski definition) is 2. The number of piperidine rings is 1. The Morgan fingerprint density at radius 1 is 1.25 bits per heavy atom. The lowest BCUT2D eigenvalue weighted by Gasteiger charge is -2.36. The van der Waals surface area contributed by atoms with Crippen molar-refractivity contribution < 1.29 is 4.79 Å². The molecule has 3 nitrogen and oxygen atoms in total. The molecule has 1 aliphatic carbocycles. The van der Waals surface area contributed by atoms with Crippen LogP contribution in [0.4, 0.5) is 0 Å². The van der Waals surface area contributed by atoms with Crippen molar-refractivity contribution in [3.63, 3.8) is 0 Å². The summed E-state index contributed by atoms with van der Waals surface area (Å²) in [5, 5.41) is 6.59. The van der Waals surface area contributed by atoms with Crippen LogP contribution in [0.5, 0.6) is 0 Å². The predicted molar refractivity (Wildman–Crippen MR) is 65.2 cm³/mol. The Labute approximate surface area is 98.4 Å². The molecule has 0 spiro atoms. The van der Waals surface area contributed by atoms with Crippen molar-refractivity contribution in [2.75, 3.05) is 13.1 Å². The van der Waals surface area contributed by atoms with Crippen molar-refractivity contribution in [2.45, 2.75) is 57.4 Å². The lowest BCUT2D eigenvalue weighted by molar-refractivity contribution is -0.127. The van der Waals surface area contributed by atoms with Gasteiger partial charge in [0, 0.05) is 12.1 Å². The molecule has 1 saturated carbocycles. The van der Waals surface area contributed by atoms with Crippen molar-refractivity contribution in [1.82, 2.24) is 10.6 Å². The highest BCUT2D eigenvalue weighted by molar-refractivity contribution is 5.79. The lowest BCUT2D eigenvalue weighted by atomic mass is 9.82. The first-order valence-electron chi connectivity index (χ1n) is 6.72. The highest BCUT2D eigenvalue weighted by Crippen LogP contribution is 2.28. The van der Waals surface area contributed by atoms with Gasteiger partial charge in [0.05, 0.1) is 5.92 Å². The molecule has 2 rings (SSSR count). The van der Waals surface area contributed by atoms with Crippen LogP contribution >= 0.6 is 0 Å². The molecule has 1 heterocycles. The number of rotatable bonds is 2. The maximum Gasteiger partial charge on any atom is 0.224 e. The van der Waals surface area contributed by atoms with Crippen LogP contribution in [0.1, 0.15) is 51.9 Å². The van der Waals surface area contributed by atoms with Gasteiger partial charge in [0.2, 0.25) is 5.91 Å². The summed E-state index contributed by atoms with van der Waals surface area (Å²) in [6, 6.07) is 0. The first-order valence-corrected chi connectivity index (χ1v) is 6.72. The van der Waals surface area contributed by atoms with Crippen molar-refractivity contribution >= 4 is 5.91 Å². The van der Waals surface area contributed by atoms with Gasteiger partial charge in [-0.1, -0.05) is 19.3 Å². The summed E-state index contributed by atoms with van der Waals surface area (Å²) in [5.41, 5.74) is 0.0762. The van der Waals surface area contributed by atoms with E-state index >= 15 is 0 Å².